The normalized spacial score (nSPS) is 23.8. The van der Waals surface area contributed by atoms with Crippen LogP contribution in [0.15, 0.2) is 12.7 Å². The molecular weight excluding hydrogens is 349 g/mol. The van der Waals surface area contributed by atoms with Crippen LogP contribution in [-0.2, 0) is 24.8 Å². The third-order valence-electron chi connectivity index (χ3n) is 3.18. The van der Waals surface area contributed by atoms with Crippen LogP contribution in [0.3, 0.4) is 0 Å². The van der Waals surface area contributed by atoms with E-state index in [1.807, 2.05) is 0 Å². The molecule has 22 heavy (non-hydrogen) atoms. The van der Waals surface area contributed by atoms with Gasteiger partial charge in [-0.1, -0.05) is 6.58 Å². The van der Waals surface area contributed by atoms with Gasteiger partial charge in [0.2, 0.25) is 15.9 Å². The van der Waals surface area contributed by atoms with E-state index in [0.717, 1.165) is 10.2 Å². The molecule has 0 aliphatic heterocycles. The molecule has 1 aliphatic rings. The Kier molecular flexibility index (Phi) is 5.62. The molecule has 12 heteroatoms. The van der Waals surface area contributed by atoms with Crippen molar-refractivity contribution in [1.82, 2.24) is 9.44 Å². The molecule has 0 unspecified atom stereocenters. The van der Waals surface area contributed by atoms with Gasteiger partial charge >= 0.3 is 15.5 Å². The van der Waals surface area contributed by atoms with Gasteiger partial charge in [0.15, 0.2) is 0 Å². The van der Waals surface area contributed by atoms with E-state index in [1.165, 1.54) is 0 Å². The van der Waals surface area contributed by atoms with E-state index >= 15 is 0 Å². The molecule has 1 amide bonds. The van der Waals surface area contributed by atoms with Crippen molar-refractivity contribution in [3.8, 4) is 0 Å². The molecule has 0 aromatic rings. The molecule has 0 saturated heterocycles. The zero-order valence-corrected chi connectivity index (χ0v) is 12.9. The van der Waals surface area contributed by atoms with Crippen molar-refractivity contribution in [2.24, 2.45) is 0 Å². The predicted molar refractivity (Wildman–Crippen MR) is 71.4 cm³/mol. The Labute approximate surface area is 126 Å². The third kappa shape index (κ3) is 4.68. The second-order valence-electron chi connectivity index (χ2n) is 4.76. The summed E-state index contributed by atoms with van der Waals surface area (Å²) in [7, 11) is -10.6. The summed E-state index contributed by atoms with van der Waals surface area (Å²) >= 11 is 0. The highest BCUT2D eigenvalue weighted by molar-refractivity contribution is 8.05. The zero-order valence-electron chi connectivity index (χ0n) is 11.3. The fourth-order valence-corrected chi connectivity index (χ4v) is 5.08. The van der Waals surface area contributed by atoms with Crippen LogP contribution in [0.2, 0.25) is 0 Å². The van der Waals surface area contributed by atoms with Gasteiger partial charge in [-0.3, -0.25) is 4.79 Å². The first-order chi connectivity index (χ1) is 9.89. The molecule has 2 N–H and O–H groups in total. The first kappa shape index (κ1) is 18.9. The number of sulfonamides is 2. The van der Waals surface area contributed by atoms with Gasteiger partial charge in [0.25, 0.3) is 0 Å². The fraction of sp³-hybridized carbons (Fsp3) is 0.700. The quantitative estimate of drug-likeness (QED) is 0.685. The van der Waals surface area contributed by atoms with Crippen LogP contribution in [0.5, 0.6) is 0 Å². The molecule has 0 aromatic carbocycles. The maximum absolute atomic E-state index is 12.2. The first-order valence-electron chi connectivity index (χ1n) is 6.15. The molecule has 0 radical (unpaired) electrons. The summed E-state index contributed by atoms with van der Waals surface area (Å²) in [6.07, 6.45) is 1.32. The van der Waals surface area contributed by atoms with Gasteiger partial charge in [0, 0.05) is 6.04 Å². The zero-order chi connectivity index (χ0) is 17.2. The van der Waals surface area contributed by atoms with E-state index < -0.39 is 36.7 Å². The third-order valence-corrected chi connectivity index (χ3v) is 6.94. The van der Waals surface area contributed by atoms with Crippen LogP contribution in [-0.4, -0.2) is 39.5 Å². The number of rotatable bonds is 5. The number of hydrogen-bond acceptors (Lipinski definition) is 5. The summed E-state index contributed by atoms with van der Waals surface area (Å²) in [5.41, 5.74) is -5.70. The Balaban J connectivity index is 2.71. The van der Waals surface area contributed by atoms with Crippen LogP contribution < -0.4 is 9.44 Å². The maximum Gasteiger partial charge on any atom is 0.512 e. The van der Waals surface area contributed by atoms with Gasteiger partial charge in [-0.25, -0.2) is 16.8 Å². The lowest BCUT2D eigenvalue weighted by Crippen LogP contribution is -2.47. The lowest BCUT2D eigenvalue weighted by Gasteiger charge is -2.28. The average molecular weight is 364 g/mol. The van der Waals surface area contributed by atoms with E-state index in [4.69, 9.17) is 0 Å². The van der Waals surface area contributed by atoms with Gasteiger partial charge in [-0.15, -0.1) is 4.13 Å². The number of hydrogen-bond donors (Lipinski definition) is 2. The lowest BCUT2D eigenvalue weighted by molar-refractivity contribution is -0.117. The molecule has 1 saturated carbocycles. The molecule has 0 bridgehead atoms. The highest BCUT2D eigenvalue weighted by Gasteiger charge is 2.49. The Morgan fingerprint density at radius 3 is 2.00 bits per heavy atom. The van der Waals surface area contributed by atoms with E-state index in [2.05, 4.69) is 11.9 Å². The second-order valence-corrected chi connectivity index (χ2v) is 8.66. The van der Waals surface area contributed by atoms with Crippen LogP contribution in [0.4, 0.5) is 13.2 Å². The molecule has 1 rings (SSSR count). The van der Waals surface area contributed by atoms with Crippen molar-refractivity contribution in [2.45, 2.75) is 42.5 Å². The summed E-state index contributed by atoms with van der Waals surface area (Å²) < 4.78 is 82.6. The van der Waals surface area contributed by atoms with Gasteiger partial charge in [-0.2, -0.15) is 13.2 Å². The minimum Gasteiger partial charge on any atom is -0.350 e. The van der Waals surface area contributed by atoms with Crippen LogP contribution in [0.25, 0.3) is 0 Å². The van der Waals surface area contributed by atoms with Crippen molar-refractivity contribution in [3.05, 3.63) is 12.7 Å². The molecule has 128 valence electrons. The topological polar surface area (TPSA) is 109 Å². The Bertz CT molecular complexity index is 634. The predicted octanol–water partition coefficient (Wildman–Crippen LogP) is 0.369. The molecule has 1 aliphatic carbocycles. The number of alkyl halides is 3. The van der Waals surface area contributed by atoms with Gasteiger partial charge < -0.3 is 5.32 Å². The number of halogens is 3. The molecule has 0 atom stereocenters. The maximum atomic E-state index is 12.2. The Morgan fingerprint density at radius 1 is 1.09 bits per heavy atom. The van der Waals surface area contributed by atoms with Gasteiger partial charge in [0.05, 0.1) is 5.25 Å². The van der Waals surface area contributed by atoms with E-state index in [9.17, 15) is 34.8 Å². The molecule has 0 aromatic heterocycles. The summed E-state index contributed by atoms with van der Waals surface area (Å²) in [6, 6.07) is -0.323. The molecule has 7 nitrogen and oxygen atoms in total. The van der Waals surface area contributed by atoms with Crippen LogP contribution in [0.1, 0.15) is 25.7 Å². The van der Waals surface area contributed by atoms with Crippen LogP contribution >= 0.6 is 0 Å². The highest BCUT2D eigenvalue weighted by atomic mass is 32.3. The van der Waals surface area contributed by atoms with Crippen molar-refractivity contribution in [1.29, 1.82) is 0 Å². The lowest BCUT2D eigenvalue weighted by atomic mass is 9.95. The van der Waals surface area contributed by atoms with Crippen molar-refractivity contribution < 1.29 is 34.8 Å². The number of nitrogens with one attached hydrogen (secondary N) is 2. The Hall–Kier alpha value is -1.14. The minimum atomic E-state index is -5.96. The average Bonchev–Trinajstić information content (AvgIpc) is 2.36. The van der Waals surface area contributed by atoms with E-state index in [0.29, 0.717) is 0 Å². The summed E-state index contributed by atoms with van der Waals surface area (Å²) in [4.78, 5) is 11.1. The molecule has 1 fully saturated rings. The molecule has 0 spiro atoms. The largest absolute Gasteiger partial charge is 0.512 e. The fourth-order valence-electron chi connectivity index (χ4n) is 2.05. The summed E-state index contributed by atoms with van der Waals surface area (Å²) in [5.74, 6) is -0.441. The van der Waals surface area contributed by atoms with E-state index in [1.54, 1.807) is 0 Å². The van der Waals surface area contributed by atoms with E-state index in [-0.39, 0.29) is 31.7 Å². The smallest absolute Gasteiger partial charge is 0.350 e. The molecule has 0 heterocycles. The van der Waals surface area contributed by atoms with Crippen molar-refractivity contribution in [3.63, 3.8) is 0 Å². The van der Waals surface area contributed by atoms with Crippen LogP contribution in [0, 0.1) is 0 Å². The number of carbonyl (C=O) groups is 1. The minimum absolute atomic E-state index is 0.0647. The summed E-state index contributed by atoms with van der Waals surface area (Å²) in [5, 5.41) is 1.28. The first-order valence-corrected chi connectivity index (χ1v) is 9.18. The van der Waals surface area contributed by atoms with Gasteiger partial charge in [0.1, 0.15) is 0 Å². The van der Waals surface area contributed by atoms with Crippen molar-refractivity contribution >= 4 is 26.0 Å². The standard InChI is InChI=1S/C10H15F3N2O5S2/c1-2-9(16)14-7-3-5-8(6-4-7)21(17,18)15-22(19,20)10(11,12)13/h2,7-8,15H,1,3-6H2,(H,14,16). The number of amides is 1. The second kappa shape index (κ2) is 6.54. The monoisotopic (exact) mass is 364 g/mol. The SMILES string of the molecule is C=CC(=O)NC1CCC(S(=O)(=O)NS(=O)(=O)C(F)(F)F)CC1. The summed E-state index contributed by atoms with van der Waals surface area (Å²) in [6.45, 7) is 3.25. The van der Waals surface area contributed by atoms with Gasteiger partial charge in [-0.05, 0) is 31.8 Å². The highest BCUT2D eigenvalue weighted by Crippen LogP contribution is 2.27. The Morgan fingerprint density at radius 2 is 1.59 bits per heavy atom. The number of carbonyl (C=O) groups excluding carboxylic acids is 1. The van der Waals surface area contributed by atoms with Crippen molar-refractivity contribution in [2.75, 3.05) is 0 Å². The molecular formula is C10H15F3N2O5S2.